The molecule has 5 nitrogen and oxygen atoms in total. The van der Waals surface area contributed by atoms with E-state index in [0.29, 0.717) is 21.7 Å². The molecule has 0 radical (unpaired) electrons. The van der Waals surface area contributed by atoms with E-state index in [-0.39, 0.29) is 11.9 Å². The predicted octanol–water partition coefficient (Wildman–Crippen LogP) is 2.08. The highest BCUT2D eigenvalue weighted by atomic mass is 32.1. The number of nitrogens with two attached hydrogens (primary N) is 1. The standard InChI is InChI=1S/C12H20N4OS/c1-3-14-12-16-10(13)9(18-12)11(17)15-8-5-4-7(2)6-8/h7-8H,3-6,13H2,1-2H3,(H,14,16)(H,15,17). The number of carbonyl (C=O) groups is 1. The maximum Gasteiger partial charge on any atom is 0.265 e. The van der Waals surface area contributed by atoms with Gasteiger partial charge in [0.1, 0.15) is 10.7 Å². The second-order valence-electron chi connectivity index (χ2n) is 4.85. The molecule has 1 aliphatic rings. The molecule has 18 heavy (non-hydrogen) atoms. The molecule has 100 valence electrons. The molecule has 0 bridgehead atoms. The number of aromatic nitrogens is 1. The van der Waals surface area contributed by atoms with Crippen LogP contribution in [0.3, 0.4) is 0 Å². The van der Waals surface area contributed by atoms with E-state index < -0.39 is 0 Å². The Morgan fingerprint density at radius 3 is 2.94 bits per heavy atom. The third-order valence-electron chi connectivity index (χ3n) is 3.22. The van der Waals surface area contributed by atoms with Gasteiger partial charge in [-0.2, -0.15) is 0 Å². The van der Waals surface area contributed by atoms with Crippen LogP contribution >= 0.6 is 11.3 Å². The van der Waals surface area contributed by atoms with Crippen LogP contribution in [-0.2, 0) is 0 Å². The minimum atomic E-state index is -0.0896. The summed E-state index contributed by atoms with van der Waals surface area (Å²) in [6, 6.07) is 0.289. The molecule has 1 amide bonds. The van der Waals surface area contributed by atoms with Crippen molar-refractivity contribution in [3.63, 3.8) is 0 Å². The van der Waals surface area contributed by atoms with Crippen LogP contribution in [0, 0.1) is 5.92 Å². The maximum atomic E-state index is 12.1. The highest BCUT2D eigenvalue weighted by Crippen LogP contribution is 2.27. The molecule has 0 spiro atoms. The van der Waals surface area contributed by atoms with Gasteiger partial charge >= 0.3 is 0 Å². The van der Waals surface area contributed by atoms with Crippen molar-refractivity contribution < 1.29 is 4.79 Å². The number of hydrogen-bond donors (Lipinski definition) is 3. The van der Waals surface area contributed by atoms with Crippen molar-refractivity contribution >= 4 is 28.2 Å². The van der Waals surface area contributed by atoms with Gasteiger partial charge in [-0.1, -0.05) is 18.3 Å². The van der Waals surface area contributed by atoms with Crippen molar-refractivity contribution in [2.24, 2.45) is 5.92 Å². The van der Waals surface area contributed by atoms with Gasteiger partial charge in [0, 0.05) is 12.6 Å². The fourth-order valence-corrected chi connectivity index (χ4v) is 3.17. The van der Waals surface area contributed by atoms with Gasteiger partial charge in [-0.15, -0.1) is 0 Å². The van der Waals surface area contributed by atoms with Crippen LogP contribution in [0.25, 0.3) is 0 Å². The van der Waals surface area contributed by atoms with E-state index in [0.717, 1.165) is 19.4 Å². The number of thiazole rings is 1. The number of hydrogen-bond acceptors (Lipinski definition) is 5. The van der Waals surface area contributed by atoms with Gasteiger partial charge in [-0.25, -0.2) is 4.98 Å². The summed E-state index contributed by atoms with van der Waals surface area (Å²) in [5, 5.41) is 6.83. The quantitative estimate of drug-likeness (QED) is 0.781. The molecule has 1 heterocycles. The Bertz CT molecular complexity index is 432. The van der Waals surface area contributed by atoms with E-state index in [2.05, 4.69) is 22.5 Å². The topological polar surface area (TPSA) is 80.0 Å². The lowest BCUT2D eigenvalue weighted by molar-refractivity contribution is 0.0942. The van der Waals surface area contributed by atoms with E-state index >= 15 is 0 Å². The van der Waals surface area contributed by atoms with Crippen LogP contribution in [0.5, 0.6) is 0 Å². The molecule has 1 aromatic heterocycles. The summed E-state index contributed by atoms with van der Waals surface area (Å²) in [6.45, 7) is 4.97. The van der Waals surface area contributed by atoms with Crippen LogP contribution in [-0.4, -0.2) is 23.5 Å². The number of amides is 1. The second kappa shape index (κ2) is 5.56. The third-order valence-corrected chi connectivity index (χ3v) is 4.25. The van der Waals surface area contributed by atoms with Gasteiger partial charge in [0.15, 0.2) is 5.13 Å². The van der Waals surface area contributed by atoms with Crippen molar-refractivity contribution in [2.45, 2.75) is 39.2 Å². The predicted molar refractivity (Wildman–Crippen MR) is 75.0 cm³/mol. The van der Waals surface area contributed by atoms with Crippen LogP contribution in [0.2, 0.25) is 0 Å². The summed E-state index contributed by atoms with van der Waals surface area (Å²) in [6.07, 6.45) is 3.31. The second-order valence-corrected chi connectivity index (χ2v) is 5.85. The number of nitrogens with one attached hydrogen (secondary N) is 2. The third kappa shape index (κ3) is 2.93. The molecule has 1 aromatic rings. The molecule has 4 N–H and O–H groups in total. The Morgan fingerprint density at radius 1 is 1.56 bits per heavy atom. The van der Waals surface area contributed by atoms with E-state index in [9.17, 15) is 4.79 Å². The molecule has 0 aromatic carbocycles. The van der Waals surface area contributed by atoms with Crippen LogP contribution < -0.4 is 16.4 Å². The molecule has 1 fully saturated rings. The van der Waals surface area contributed by atoms with E-state index in [4.69, 9.17) is 5.73 Å². The number of rotatable bonds is 4. The Kier molecular flexibility index (Phi) is 4.06. The van der Waals surface area contributed by atoms with Gasteiger partial charge in [0.05, 0.1) is 0 Å². The van der Waals surface area contributed by atoms with Gasteiger partial charge in [0.2, 0.25) is 0 Å². The summed E-state index contributed by atoms with van der Waals surface area (Å²) in [5.41, 5.74) is 5.77. The fourth-order valence-electron chi connectivity index (χ4n) is 2.31. The Hall–Kier alpha value is -1.30. The highest BCUT2D eigenvalue weighted by Gasteiger charge is 2.25. The molecular weight excluding hydrogens is 248 g/mol. The maximum absolute atomic E-state index is 12.1. The summed E-state index contributed by atoms with van der Waals surface area (Å²) in [4.78, 5) is 16.8. The highest BCUT2D eigenvalue weighted by molar-refractivity contribution is 7.18. The van der Waals surface area contributed by atoms with Crippen molar-refractivity contribution in [3.05, 3.63) is 4.88 Å². The molecule has 1 saturated carbocycles. The molecule has 0 saturated heterocycles. The Morgan fingerprint density at radius 2 is 2.33 bits per heavy atom. The van der Waals surface area contributed by atoms with E-state index in [1.54, 1.807) is 0 Å². The average Bonchev–Trinajstić information content (AvgIpc) is 2.86. The van der Waals surface area contributed by atoms with Crippen LogP contribution in [0.15, 0.2) is 0 Å². The number of carbonyl (C=O) groups excluding carboxylic acids is 1. The summed E-state index contributed by atoms with van der Waals surface area (Å²) in [5.74, 6) is 0.930. The van der Waals surface area contributed by atoms with Crippen molar-refractivity contribution in [1.82, 2.24) is 10.3 Å². The summed E-state index contributed by atoms with van der Waals surface area (Å²) < 4.78 is 0. The zero-order chi connectivity index (χ0) is 13.1. The number of nitrogens with zero attached hydrogens (tertiary/aromatic N) is 1. The molecule has 2 rings (SSSR count). The van der Waals surface area contributed by atoms with Crippen molar-refractivity contribution in [1.29, 1.82) is 0 Å². The van der Waals surface area contributed by atoms with Gasteiger partial charge in [0.25, 0.3) is 5.91 Å². The van der Waals surface area contributed by atoms with Gasteiger partial charge in [-0.05, 0) is 32.1 Å². The number of anilines is 2. The largest absolute Gasteiger partial charge is 0.382 e. The average molecular weight is 268 g/mol. The molecule has 6 heteroatoms. The smallest absolute Gasteiger partial charge is 0.265 e. The van der Waals surface area contributed by atoms with Crippen LogP contribution in [0.1, 0.15) is 42.8 Å². The van der Waals surface area contributed by atoms with Crippen molar-refractivity contribution in [2.75, 3.05) is 17.6 Å². The van der Waals surface area contributed by atoms with Crippen LogP contribution in [0.4, 0.5) is 10.9 Å². The SMILES string of the molecule is CCNc1nc(N)c(C(=O)NC2CCC(C)C2)s1. The lowest BCUT2D eigenvalue weighted by Gasteiger charge is -2.11. The minimum Gasteiger partial charge on any atom is -0.382 e. The fraction of sp³-hybridized carbons (Fsp3) is 0.667. The molecule has 2 atom stereocenters. The molecule has 2 unspecified atom stereocenters. The monoisotopic (exact) mass is 268 g/mol. The van der Waals surface area contributed by atoms with Crippen molar-refractivity contribution in [3.8, 4) is 0 Å². The summed E-state index contributed by atoms with van der Waals surface area (Å²) >= 11 is 1.32. The number of nitrogen functional groups attached to an aromatic ring is 1. The molecule has 1 aliphatic carbocycles. The zero-order valence-corrected chi connectivity index (χ0v) is 11.6. The first-order chi connectivity index (χ1) is 8.60. The molecular formula is C12H20N4OS. The zero-order valence-electron chi connectivity index (χ0n) is 10.8. The first-order valence-corrected chi connectivity index (χ1v) is 7.22. The first-order valence-electron chi connectivity index (χ1n) is 6.41. The summed E-state index contributed by atoms with van der Waals surface area (Å²) in [7, 11) is 0. The van der Waals surface area contributed by atoms with E-state index in [1.165, 1.54) is 17.8 Å². The minimum absolute atomic E-state index is 0.0896. The van der Waals surface area contributed by atoms with Gasteiger partial charge in [-0.3, -0.25) is 4.79 Å². The Labute approximate surface area is 111 Å². The first kappa shape index (κ1) is 13.1. The lowest BCUT2D eigenvalue weighted by Crippen LogP contribution is -2.32. The molecule has 0 aliphatic heterocycles. The Balaban J connectivity index is 2.00. The normalized spacial score (nSPS) is 23.0. The van der Waals surface area contributed by atoms with Gasteiger partial charge < -0.3 is 16.4 Å². The van der Waals surface area contributed by atoms with E-state index in [1.807, 2.05) is 6.92 Å². The lowest BCUT2D eigenvalue weighted by atomic mass is 10.1.